The summed E-state index contributed by atoms with van der Waals surface area (Å²) in [6.45, 7) is 6.04. The van der Waals surface area contributed by atoms with Crippen LogP contribution in [0.2, 0.25) is 0 Å². The summed E-state index contributed by atoms with van der Waals surface area (Å²) < 4.78 is 5.54. The molecule has 1 aliphatic carbocycles. The molecule has 1 aromatic heterocycles. The highest BCUT2D eigenvalue weighted by molar-refractivity contribution is 5.28. The van der Waals surface area contributed by atoms with Crippen LogP contribution in [0.25, 0.3) is 0 Å². The highest BCUT2D eigenvalue weighted by atomic mass is 16.5. The number of hydrogen-bond donors (Lipinski definition) is 1. The maximum absolute atomic E-state index is 5.54. The highest BCUT2D eigenvalue weighted by Crippen LogP contribution is 2.35. The molecule has 0 spiro atoms. The minimum absolute atomic E-state index is 0.601. The third-order valence-electron chi connectivity index (χ3n) is 3.65. The van der Waals surface area contributed by atoms with Crippen molar-refractivity contribution in [2.45, 2.75) is 51.5 Å². The SMILES string of the molecule is CCCNC1CCCC1c1cncc(OCC)c1. The first kappa shape index (κ1) is 13.3. The standard InChI is InChI=1S/C15H24N2O/c1-3-8-17-15-7-5-6-14(15)12-9-13(18-4-2)11-16-10-12/h9-11,14-15,17H,3-8H2,1-2H3. The molecule has 0 aromatic carbocycles. The second kappa shape index (κ2) is 6.74. The van der Waals surface area contributed by atoms with Crippen LogP contribution in [0.5, 0.6) is 5.75 Å². The number of rotatable bonds is 6. The van der Waals surface area contributed by atoms with Gasteiger partial charge in [-0.25, -0.2) is 0 Å². The monoisotopic (exact) mass is 248 g/mol. The predicted octanol–water partition coefficient (Wildman–Crippen LogP) is 3.12. The first-order chi connectivity index (χ1) is 8.85. The second-order valence-corrected chi connectivity index (χ2v) is 4.99. The Hall–Kier alpha value is -1.09. The molecule has 0 bridgehead atoms. The number of nitrogens with zero attached hydrogens (tertiary/aromatic N) is 1. The van der Waals surface area contributed by atoms with Crippen molar-refractivity contribution in [1.29, 1.82) is 0 Å². The molecule has 0 saturated heterocycles. The lowest BCUT2D eigenvalue weighted by Crippen LogP contribution is -2.31. The quantitative estimate of drug-likeness (QED) is 0.840. The van der Waals surface area contributed by atoms with Gasteiger partial charge in [0.2, 0.25) is 0 Å². The molecule has 1 aliphatic rings. The number of pyridine rings is 1. The molecule has 18 heavy (non-hydrogen) atoms. The summed E-state index contributed by atoms with van der Waals surface area (Å²) >= 11 is 0. The van der Waals surface area contributed by atoms with Gasteiger partial charge in [-0.1, -0.05) is 13.3 Å². The van der Waals surface area contributed by atoms with Gasteiger partial charge < -0.3 is 10.1 Å². The van der Waals surface area contributed by atoms with E-state index in [4.69, 9.17) is 4.74 Å². The van der Waals surface area contributed by atoms with Gasteiger partial charge in [0.05, 0.1) is 12.8 Å². The molecule has 0 aliphatic heterocycles. The molecule has 1 heterocycles. The van der Waals surface area contributed by atoms with Crippen molar-refractivity contribution in [3.05, 3.63) is 24.0 Å². The Morgan fingerprint density at radius 1 is 1.33 bits per heavy atom. The third-order valence-corrected chi connectivity index (χ3v) is 3.65. The van der Waals surface area contributed by atoms with Crippen molar-refractivity contribution in [3.8, 4) is 5.75 Å². The Kier molecular flexibility index (Phi) is 5.00. The zero-order valence-electron chi connectivity index (χ0n) is 11.5. The van der Waals surface area contributed by atoms with E-state index in [1.165, 1.54) is 31.2 Å². The summed E-state index contributed by atoms with van der Waals surface area (Å²) in [7, 11) is 0. The Balaban J connectivity index is 2.06. The fourth-order valence-corrected chi connectivity index (χ4v) is 2.82. The van der Waals surface area contributed by atoms with Crippen LogP contribution in [-0.2, 0) is 0 Å². The number of aromatic nitrogens is 1. The van der Waals surface area contributed by atoms with Gasteiger partial charge in [0.15, 0.2) is 0 Å². The zero-order valence-corrected chi connectivity index (χ0v) is 11.5. The van der Waals surface area contributed by atoms with Gasteiger partial charge >= 0.3 is 0 Å². The van der Waals surface area contributed by atoms with E-state index in [1.807, 2.05) is 13.1 Å². The smallest absolute Gasteiger partial charge is 0.137 e. The van der Waals surface area contributed by atoms with Crippen LogP contribution in [0, 0.1) is 0 Å². The summed E-state index contributed by atoms with van der Waals surface area (Å²) in [5.41, 5.74) is 1.33. The predicted molar refractivity (Wildman–Crippen MR) is 74.1 cm³/mol. The van der Waals surface area contributed by atoms with E-state index in [-0.39, 0.29) is 0 Å². The minimum Gasteiger partial charge on any atom is -0.492 e. The summed E-state index contributed by atoms with van der Waals surface area (Å²) in [5.74, 6) is 1.50. The molecule has 0 amide bonds. The Morgan fingerprint density at radius 2 is 2.22 bits per heavy atom. The van der Waals surface area contributed by atoms with Gasteiger partial charge in [-0.15, -0.1) is 0 Å². The molecule has 1 aromatic rings. The molecular weight excluding hydrogens is 224 g/mol. The van der Waals surface area contributed by atoms with Crippen LogP contribution in [0.3, 0.4) is 0 Å². The molecule has 2 rings (SSSR count). The third kappa shape index (κ3) is 3.22. The second-order valence-electron chi connectivity index (χ2n) is 4.99. The minimum atomic E-state index is 0.601. The number of nitrogens with one attached hydrogen (secondary N) is 1. The molecular formula is C15H24N2O. The fraction of sp³-hybridized carbons (Fsp3) is 0.667. The Labute approximate surface area is 110 Å². The molecule has 3 nitrogen and oxygen atoms in total. The molecule has 2 atom stereocenters. The molecule has 100 valence electrons. The molecule has 1 fully saturated rings. The maximum atomic E-state index is 5.54. The van der Waals surface area contributed by atoms with Crippen LogP contribution in [0.4, 0.5) is 0 Å². The zero-order chi connectivity index (χ0) is 12.8. The molecule has 2 unspecified atom stereocenters. The van der Waals surface area contributed by atoms with Gasteiger partial charge in [-0.05, 0) is 44.4 Å². The summed E-state index contributed by atoms with van der Waals surface area (Å²) in [6.07, 6.45) is 8.85. The average molecular weight is 248 g/mol. The van der Waals surface area contributed by atoms with E-state index in [9.17, 15) is 0 Å². The first-order valence-electron chi connectivity index (χ1n) is 7.16. The van der Waals surface area contributed by atoms with Gasteiger partial charge in [0.25, 0.3) is 0 Å². The number of ether oxygens (including phenoxy) is 1. The van der Waals surface area contributed by atoms with Crippen LogP contribution >= 0.6 is 0 Å². The van der Waals surface area contributed by atoms with E-state index >= 15 is 0 Å². The van der Waals surface area contributed by atoms with Crippen molar-refractivity contribution < 1.29 is 4.74 Å². The number of hydrogen-bond acceptors (Lipinski definition) is 3. The average Bonchev–Trinajstić information content (AvgIpc) is 2.85. The highest BCUT2D eigenvalue weighted by Gasteiger charge is 2.28. The summed E-state index contributed by atoms with van der Waals surface area (Å²) in [6, 6.07) is 2.77. The van der Waals surface area contributed by atoms with E-state index in [0.717, 1.165) is 12.3 Å². The lowest BCUT2D eigenvalue weighted by Gasteiger charge is -2.21. The Morgan fingerprint density at radius 3 is 3.00 bits per heavy atom. The molecule has 1 N–H and O–H groups in total. The van der Waals surface area contributed by atoms with Crippen LogP contribution in [0.15, 0.2) is 18.5 Å². The summed E-state index contributed by atoms with van der Waals surface area (Å²) in [5, 5.41) is 3.66. The molecule has 3 heteroatoms. The summed E-state index contributed by atoms with van der Waals surface area (Å²) in [4.78, 5) is 4.31. The molecule has 1 saturated carbocycles. The van der Waals surface area contributed by atoms with E-state index in [2.05, 4.69) is 23.3 Å². The van der Waals surface area contributed by atoms with Crippen molar-refractivity contribution in [3.63, 3.8) is 0 Å². The van der Waals surface area contributed by atoms with Crippen molar-refractivity contribution in [2.75, 3.05) is 13.2 Å². The van der Waals surface area contributed by atoms with Gasteiger partial charge in [-0.3, -0.25) is 4.98 Å². The maximum Gasteiger partial charge on any atom is 0.137 e. The van der Waals surface area contributed by atoms with E-state index in [0.29, 0.717) is 18.6 Å². The molecule has 0 radical (unpaired) electrons. The first-order valence-corrected chi connectivity index (χ1v) is 7.16. The van der Waals surface area contributed by atoms with Crippen molar-refractivity contribution in [1.82, 2.24) is 10.3 Å². The fourth-order valence-electron chi connectivity index (χ4n) is 2.82. The van der Waals surface area contributed by atoms with Crippen LogP contribution in [-0.4, -0.2) is 24.2 Å². The van der Waals surface area contributed by atoms with E-state index < -0.39 is 0 Å². The lowest BCUT2D eigenvalue weighted by molar-refractivity contribution is 0.338. The van der Waals surface area contributed by atoms with Crippen LogP contribution in [0.1, 0.15) is 51.0 Å². The van der Waals surface area contributed by atoms with Gasteiger partial charge in [-0.2, -0.15) is 0 Å². The van der Waals surface area contributed by atoms with Crippen LogP contribution < -0.4 is 10.1 Å². The van der Waals surface area contributed by atoms with E-state index in [1.54, 1.807) is 6.20 Å². The largest absolute Gasteiger partial charge is 0.492 e. The van der Waals surface area contributed by atoms with Gasteiger partial charge in [0, 0.05) is 18.2 Å². The van der Waals surface area contributed by atoms with Crippen molar-refractivity contribution >= 4 is 0 Å². The topological polar surface area (TPSA) is 34.2 Å². The van der Waals surface area contributed by atoms with Crippen molar-refractivity contribution in [2.24, 2.45) is 0 Å². The lowest BCUT2D eigenvalue weighted by atomic mass is 9.95. The van der Waals surface area contributed by atoms with Gasteiger partial charge in [0.1, 0.15) is 5.75 Å². The Bertz CT molecular complexity index is 367. The normalized spacial score (nSPS) is 23.2.